The van der Waals surface area contributed by atoms with Crippen LogP contribution in [0.2, 0.25) is 0 Å². The second-order valence-corrected chi connectivity index (χ2v) is 8.06. The molecule has 2 aromatic carbocycles. The number of aromatic nitrogens is 2. The molecule has 0 aliphatic heterocycles. The minimum absolute atomic E-state index is 0.130. The second-order valence-electron chi connectivity index (χ2n) is 8.06. The van der Waals surface area contributed by atoms with E-state index in [1.807, 2.05) is 13.8 Å². The zero-order valence-corrected chi connectivity index (χ0v) is 19.5. The van der Waals surface area contributed by atoms with Gasteiger partial charge in [0.25, 0.3) is 0 Å². The number of imidazole rings is 1. The molecule has 5 N–H and O–H groups in total. The van der Waals surface area contributed by atoms with Crippen LogP contribution in [0.25, 0.3) is 11.0 Å². The van der Waals surface area contributed by atoms with Gasteiger partial charge >= 0.3 is 11.9 Å². The Morgan fingerprint density at radius 2 is 1.55 bits per heavy atom. The van der Waals surface area contributed by atoms with E-state index >= 15 is 0 Å². The van der Waals surface area contributed by atoms with Crippen LogP contribution >= 0.6 is 0 Å². The summed E-state index contributed by atoms with van der Waals surface area (Å²) in [6.07, 6.45) is 3.52. The summed E-state index contributed by atoms with van der Waals surface area (Å²) in [6, 6.07) is 6.25. The van der Waals surface area contributed by atoms with Crippen LogP contribution in [0.5, 0.6) is 0 Å². The fourth-order valence-electron chi connectivity index (χ4n) is 3.59. The van der Waals surface area contributed by atoms with Crippen LogP contribution < -0.4 is 5.73 Å². The topological polar surface area (TPSA) is 146 Å². The molecule has 3 aromatic rings. The number of hydrogen-bond donors (Lipinski definition) is 4. The average Bonchev–Trinajstić information content (AvgIpc) is 3.14. The van der Waals surface area contributed by atoms with E-state index in [1.165, 1.54) is 6.07 Å². The number of nitrogens with zero attached hydrogens (tertiary/aromatic N) is 1. The summed E-state index contributed by atoms with van der Waals surface area (Å²) in [5, 5.41) is 17.8. The lowest BCUT2D eigenvalue weighted by atomic mass is 9.97. The third-order valence-electron chi connectivity index (χ3n) is 5.22. The molecule has 8 nitrogen and oxygen atoms in total. The Morgan fingerprint density at radius 3 is 2.09 bits per heavy atom. The molecule has 0 saturated heterocycles. The molecule has 0 amide bonds. The number of carbonyl (C=O) groups is 3. The first kappa shape index (κ1) is 25.6. The third-order valence-corrected chi connectivity index (χ3v) is 5.22. The normalized spacial score (nSPS) is 10.5. The highest BCUT2D eigenvalue weighted by atomic mass is 16.4. The molecule has 0 unspecified atom stereocenters. The molecule has 0 saturated carbocycles. The molecular weight excluding hydrogens is 422 g/mol. The van der Waals surface area contributed by atoms with E-state index in [4.69, 9.17) is 15.9 Å². The predicted octanol–water partition coefficient (Wildman–Crippen LogP) is 4.71. The number of aromatic amines is 1. The van der Waals surface area contributed by atoms with Crippen molar-refractivity contribution < 1.29 is 24.6 Å². The van der Waals surface area contributed by atoms with Gasteiger partial charge in [0.15, 0.2) is 0 Å². The predicted molar refractivity (Wildman–Crippen MR) is 128 cm³/mol. The van der Waals surface area contributed by atoms with Crippen LogP contribution in [0.15, 0.2) is 24.3 Å². The van der Waals surface area contributed by atoms with Crippen molar-refractivity contribution in [1.82, 2.24) is 9.97 Å². The van der Waals surface area contributed by atoms with Crippen molar-refractivity contribution in [1.29, 1.82) is 0 Å². The minimum Gasteiger partial charge on any atom is -0.478 e. The maximum absolute atomic E-state index is 11.6. The number of anilines is 1. The lowest BCUT2D eigenvalue weighted by Gasteiger charge is -2.10. The highest BCUT2D eigenvalue weighted by Crippen LogP contribution is 2.21. The molecule has 0 spiro atoms. The van der Waals surface area contributed by atoms with Gasteiger partial charge in [0, 0.05) is 24.9 Å². The number of nitrogens with two attached hydrogens (primary N) is 1. The SMILES string of the molecule is CCCC(=O)Cc1c(C)cc(C(=O)O)cc1N.CCCc1nc2c(C)cc(C(=O)O)cc2[nH]1. The Kier molecular flexibility index (Phi) is 8.73. The standard InChI is InChI=1S/C13H17NO3.C12H14N2O2/c1-3-4-10(15)7-11-8(2)5-9(13(16)17)6-12(11)14;1-3-4-10-13-9-6-8(12(15)16)5-7(2)11(9)14-10/h5-6H,3-4,7,14H2,1-2H3,(H,16,17);5-6H,3-4H2,1-2H3,(H,13,14)(H,15,16). The van der Waals surface area contributed by atoms with Gasteiger partial charge in [-0.1, -0.05) is 13.8 Å². The summed E-state index contributed by atoms with van der Waals surface area (Å²) in [6.45, 7) is 7.69. The van der Waals surface area contributed by atoms with Crippen LogP contribution in [-0.2, 0) is 17.6 Å². The van der Waals surface area contributed by atoms with E-state index in [9.17, 15) is 14.4 Å². The number of aryl methyl sites for hydroxylation is 3. The van der Waals surface area contributed by atoms with E-state index in [2.05, 4.69) is 16.9 Å². The van der Waals surface area contributed by atoms with Crippen molar-refractivity contribution in [3.63, 3.8) is 0 Å². The maximum Gasteiger partial charge on any atom is 0.335 e. The third kappa shape index (κ3) is 6.65. The van der Waals surface area contributed by atoms with Crippen molar-refractivity contribution in [2.75, 3.05) is 5.73 Å². The number of nitrogens with one attached hydrogen (secondary N) is 1. The summed E-state index contributed by atoms with van der Waals surface area (Å²) in [5.74, 6) is -0.864. The number of carbonyl (C=O) groups excluding carboxylic acids is 1. The van der Waals surface area contributed by atoms with Gasteiger partial charge in [-0.25, -0.2) is 14.6 Å². The first-order valence-electron chi connectivity index (χ1n) is 10.9. The molecule has 0 radical (unpaired) electrons. The number of aromatic carboxylic acids is 2. The minimum atomic E-state index is -1.01. The molecule has 8 heteroatoms. The van der Waals surface area contributed by atoms with E-state index in [0.717, 1.165) is 52.8 Å². The van der Waals surface area contributed by atoms with Gasteiger partial charge in [-0.15, -0.1) is 0 Å². The van der Waals surface area contributed by atoms with Crippen LogP contribution in [0.1, 0.15) is 76.3 Å². The smallest absolute Gasteiger partial charge is 0.335 e. The number of Topliss-reactive ketones (excluding diaryl/α,β-unsaturated/α-hetero) is 1. The van der Waals surface area contributed by atoms with Crippen LogP contribution in [-0.4, -0.2) is 37.9 Å². The molecule has 0 aliphatic rings. The summed E-state index contributed by atoms with van der Waals surface area (Å²) in [5.41, 5.74) is 10.7. The fraction of sp³-hybridized carbons (Fsp3) is 0.360. The van der Waals surface area contributed by atoms with E-state index in [0.29, 0.717) is 17.7 Å². The average molecular weight is 454 g/mol. The fourth-order valence-corrected chi connectivity index (χ4v) is 3.59. The first-order valence-corrected chi connectivity index (χ1v) is 10.9. The molecular formula is C25H31N3O5. The number of fused-ring (bicyclic) bond motifs is 1. The number of benzene rings is 2. The number of H-pyrrole nitrogens is 1. The van der Waals surface area contributed by atoms with E-state index in [-0.39, 0.29) is 17.8 Å². The van der Waals surface area contributed by atoms with Gasteiger partial charge in [-0.05, 0) is 67.6 Å². The monoisotopic (exact) mass is 453 g/mol. The van der Waals surface area contributed by atoms with E-state index < -0.39 is 11.9 Å². The molecule has 0 fully saturated rings. The molecule has 1 heterocycles. The Bertz CT molecular complexity index is 1160. The first-order chi connectivity index (χ1) is 15.6. The molecule has 0 bridgehead atoms. The Labute approximate surface area is 192 Å². The van der Waals surface area contributed by atoms with Crippen molar-refractivity contribution in [2.45, 2.75) is 59.8 Å². The number of nitrogen functional groups attached to an aromatic ring is 1. The maximum atomic E-state index is 11.6. The van der Waals surface area contributed by atoms with Gasteiger partial charge in [0.2, 0.25) is 0 Å². The molecule has 3 rings (SSSR count). The molecule has 0 atom stereocenters. The quantitative estimate of drug-likeness (QED) is 0.361. The lowest BCUT2D eigenvalue weighted by Crippen LogP contribution is -2.08. The highest BCUT2D eigenvalue weighted by Gasteiger charge is 2.13. The zero-order chi connectivity index (χ0) is 24.7. The van der Waals surface area contributed by atoms with Gasteiger partial charge in [0.1, 0.15) is 11.6 Å². The molecule has 0 aliphatic carbocycles. The van der Waals surface area contributed by atoms with Gasteiger partial charge in [0.05, 0.1) is 22.2 Å². The summed E-state index contributed by atoms with van der Waals surface area (Å²) in [7, 11) is 0. The highest BCUT2D eigenvalue weighted by molar-refractivity contribution is 5.93. The molecule has 33 heavy (non-hydrogen) atoms. The van der Waals surface area contributed by atoms with Crippen LogP contribution in [0.3, 0.4) is 0 Å². The molecule has 1 aromatic heterocycles. The second kappa shape index (κ2) is 11.3. The number of carboxylic acid groups (broad SMARTS) is 2. The zero-order valence-electron chi connectivity index (χ0n) is 19.5. The summed E-state index contributed by atoms with van der Waals surface area (Å²) >= 11 is 0. The van der Waals surface area contributed by atoms with Crippen molar-refractivity contribution >= 4 is 34.4 Å². The Morgan fingerprint density at radius 1 is 0.939 bits per heavy atom. The van der Waals surface area contributed by atoms with Crippen LogP contribution in [0.4, 0.5) is 5.69 Å². The number of ketones is 1. The van der Waals surface area contributed by atoms with Gasteiger partial charge < -0.3 is 20.9 Å². The van der Waals surface area contributed by atoms with Crippen molar-refractivity contribution in [2.24, 2.45) is 0 Å². The number of rotatable bonds is 8. The summed E-state index contributed by atoms with van der Waals surface area (Å²) < 4.78 is 0. The molecule has 176 valence electrons. The van der Waals surface area contributed by atoms with Gasteiger partial charge in [-0.2, -0.15) is 0 Å². The van der Waals surface area contributed by atoms with Crippen LogP contribution in [0, 0.1) is 13.8 Å². The summed E-state index contributed by atoms with van der Waals surface area (Å²) in [4.78, 5) is 40.9. The Hall–Kier alpha value is -3.68. The van der Waals surface area contributed by atoms with Crippen molar-refractivity contribution in [3.8, 4) is 0 Å². The lowest BCUT2D eigenvalue weighted by molar-refractivity contribution is -0.118. The van der Waals surface area contributed by atoms with E-state index in [1.54, 1.807) is 25.1 Å². The van der Waals surface area contributed by atoms with Crippen molar-refractivity contribution in [3.05, 3.63) is 57.9 Å². The largest absolute Gasteiger partial charge is 0.478 e. The number of carboxylic acids is 2. The Balaban J connectivity index is 0.000000234. The number of hydrogen-bond acceptors (Lipinski definition) is 5. The van der Waals surface area contributed by atoms with Gasteiger partial charge in [-0.3, -0.25) is 4.79 Å².